The molecule has 3 rings (SSSR count). The Balaban J connectivity index is 1.82. The minimum Gasteiger partial charge on any atom is -0.310 e. The summed E-state index contributed by atoms with van der Waals surface area (Å²) in [6, 6.07) is 4.91. The van der Waals surface area contributed by atoms with Crippen molar-refractivity contribution in [1.29, 1.82) is 0 Å². The third kappa shape index (κ3) is 7.51. The van der Waals surface area contributed by atoms with E-state index in [2.05, 4.69) is 26.1 Å². The predicted octanol–water partition coefficient (Wildman–Crippen LogP) is 5.47. The number of nitrogens with one attached hydrogen (secondary N) is 3. The number of alkyl halides is 3. The van der Waals surface area contributed by atoms with Crippen LogP contribution in [0.1, 0.15) is 70.3 Å². The topological polar surface area (TPSA) is 105 Å². The van der Waals surface area contributed by atoms with Crippen molar-refractivity contribution >= 4 is 29.7 Å². The van der Waals surface area contributed by atoms with Crippen molar-refractivity contribution in [2.75, 3.05) is 10.6 Å². The molecule has 37 heavy (non-hydrogen) atoms. The highest BCUT2D eigenvalue weighted by Gasteiger charge is 2.30. The second-order valence-corrected chi connectivity index (χ2v) is 10.9. The molecule has 0 saturated heterocycles. The average molecular weight is 520 g/mol. The molecule has 3 N–H and O–H groups in total. The lowest BCUT2D eigenvalue weighted by Crippen LogP contribution is -2.31. The highest BCUT2D eigenvalue weighted by Crippen LogP contribution is 2.31. The van der Waals surface area contributed by atoms with Gasteiger partial charge >= 0.3 is 6.18 Å². The monoisotopic (exact) mass is 519 g/mol. The molecule has 8 nitrogen and oxygen atoms in total. The first-order chi connectivity index (χ1) is 17.0. The molecule has 1 aliphatic rings. The van der Waals surface area contributed by atoms with Gasteiger partial charge in [0.25, 0.3) is 0 Å². The fraction of sp³-hybridized carbons (Fsp3) is 0.462. The average Bonchev–Trinajstić information content (AvgIpc) is 2.77. The van der Waals surface area contributed by atoms with E-state index in [9.17, 15) is 22.8 Å². The Hall–Kier alpha value is -3.47. The molecular formula is C26H32F3N5O3. The number of hydrogen-bond acceptors (Lipinski definition) is 6. The number of aromatic nitrogens is 2. The van der Waals surface area contributed by atoms with Crippen LogP contribution in [0.25, 0.3) is 6.08 Å². The number of allylic oxidation sites excluding steroid dienone is 1. The molecule has 0 saturated carbocycles. The van der Waals surface area contributed by atoms with Gasteiger partial charge in [-0.3, -0.25) is 25.2 Å². The summed E-state index contributed by atoms with van der Waals surface area (Å²) in [7, 11) is 0. The molecule has 0 fully saturated rings. The first kappa shape index (κ1) is 28.1. The van der Waals surface area contributed by atoms with Gasteiger partial charge in [-0.25, -0.2) is 4.98 Å². The minimum atomic E-state index is -4.43. The Morgan fingerprint density at radius 3 is 2.22 bits per heavy atom. The lowest BCUT2D eigenvalue weighted by molar-refractivity contribution is -0.137. The molecule has 0 aliphatic heterocycles. The Labute approximate surface area is 214 Å². The van der Waals surface area contributed by atoms with Gasteiger partial charge in [0.15, 0.2) is 0 Å². The van der Waals surface area contributed by atoms with Gasteiger partial charge in [0.2, 0.25) is 17.8 Å². The summed E-state index contributed by atoms with van der Waals surface area (Å²) in [5.74, 6) is -0.201. The molecule has 0 atom stereocenters. The number of amides is 2. The Bertz CT molecular complexity index is 1210. The predicted molar refractivity (Wildman–Crippen MR) is 134 cm³/mol. The number of carbonyl (C=O) groups is 2. The SMILES string of the molecule is CC(C)(C)C(=O)Nc1nc2c(c(NC(=O)C(C)(C)C)n1)C=C(NOCc1cccc(C(F)(F)F)c1)CC2. The van der Waals surface area contributed by atoms with Crippen molar-refractivity contribution in [2.24, 2.45) is 10.8 Å². The quantitative estimate of drug-likeness (QED) is 0.437. The van der Waals surface area contributed by atoms with Crippen LogP contribution in [0.3, 0.4) is 0 Å². The number of anilines is 2. The fourth-order valence-electron chi connectivity index (χ4n) is 3.22. The molecule has 1 aromatic carbocycles. The van der Waals surface area contributed by atoms with Crippen LogP contribution in [-0.2, 0) is 33.6 Å². The van der Waals surface area contributed by atoms with Crippen molar-refractivity contribution < 1.29 is 27.6 Å². The summed E-state index contributed by atoms with van der Waals surface area (Å²) in [4.78, 5) is 39.5. The third-order valence-corrected chi connectivity index (χ3v) is 5.49. The Kier molecular flexibility index (Phi) is 7.97. The van der Waals surface area contributed by atoms with E-state index in [-0.39, 0.29) is 30.2 Å². The zero-order valence-corrected chi connectivity index (χ0v) is 21.8. The second kappa shape index (κ2) is 10.5. The molecule has 0 bridgehead atoms. The summed E-state index contributed by atoms with van der Waals surface area (Å²) in [5.41, 5.74) is 2.87. The summed E-state index contributed by atoms with van der Waals surface area (Å²) in [6.07, 6.45) is -1.76. The lowest BCUT2D eigenvalue weighted by Gasteiger charge is -2.23. The molecular weight excluding hydrogens is 487 g/mol. The smallest absolute Gasteiger partial charge is 0.310 e. The molecule has 200 valence electrons. The number of hydroxylamine groups is 1. The lowest BCUT2D eigenvalue weighted by atomic mass is 9.95. The molecule has 11 heteroatoms. The van der Waals surface area contributed by atoms with Crippen LogP contribution in [0.5, 0.6) is 0 Å². The van der Waals surface area contributed by atoms with Crippen LogP contribution in [0.4, 0.5) is 24.9 Å². The largest absolute Gasteiger partial charge is 0.416 e. The maximum atomic E-state index is 12.9. The number of aryl methyl sites for hydroxylation is 1. The van der Waals surface area contributed by atoms with E-state index in [1.165, 1.54) is 6.07 Å². The van der Waals surface area contributed by atoms with Crippen LogP contribution >= 0.6 is 0 Å². The van der Waals surface area contributed by atoms with Gasteiger partial charge in [-0.05, 0) is 36.6 Å². The van der Waals surface area contributed by atoms with Crippen LogP contribution in [0.2, 0.25) is 0 Å². The minimum absolute atomic E-state index is 0.0873. The van der Waals surface area contributed by atoms with Crippen LogP contribution < -0.4 is 16.1 Å². The van der Waals surface area contributed by atoms with E-state index in [0.29, 0.717) is 35.4 Å². The maximum absolute atomic E-state index is 12.9. The highest BCUT2D eigenvalue weighted by molar-refractivity contribution is 5.97. The summed E-state index contributed by atoms with van der Waals surface area (Å²) < 4.78 is 38.8. The van der Waals surface area contributed by atoms with Crippen molar-refractivity contribution in [3.05, 3.63) is 52.3 Å². The van der Waals surface area contributed by atoms with Crippen molar-refractivity contribution in [3.63, 3.8) is 0 Å². The third-order valence-electron chi connectivity index (χ3n) is 5.49. The number of fused-ring (bicyclic) bond motifs is 1. The number of nitrogens with zero attached hydrogens (tertiary/aromatic N) is 2. The molecule has 2 aromatic rings. The van der Waals surface area contributed by atoms with E-state index >= 15 is 0 Å². The number of halogens is 3. The Morgan fingerprint density at radius 2 is 1.59 bits per heavy atom. The summed E-state index contributed by atoms with van der Waals surface area (Å²) in [6.45, 7) is 10.5. The zero-order chi connectivity index (χ0) is 27.6. The number of benzene rings is 1. The Morgan fingerprint density at radius 1 is 0.946 bits per heavy atom. The highest BCUT2D eigenvalue weighted by atomic mass is 19.4. The van der Waals surface area contributed by atoms with Gasteiger partial charge in [0, 0.05) is 22.1 Å². The molecule has 2 amide bonds. The summed E-state index contributed by atoms with van der Waals surface area (Å²) in [5, 5.41) is 5.53. The maximum Gasteiger partial charge on any atom is 0.416 e. The molecule has 1 aliphatic carbocycles. The van der Waals surface area contributed by atoms with Gasteiger partial charge in [0.1, 0.15) is 5.82 Å². The molecule has 0 unspecified atom stereocenters. The molecule has 0 spiro atoms. The van der Waals surface area contributed by atoms with E-state index in [4.69, 9.17) is 4.84 Å². The first-order valence-electron chi connectivity index (χ1n) is 11.8. The molecule has 1 aromatic heterocycles. The van der Waals surface area contributed by atoms with Gasteiger partial charge in [0.05, 0.1) is 17.9 Å². The fourth-order valence-corrected chi connectivity index (χ4v) is 3.22. The van der Waals surface area contributed by atoms with Gasteiger partial charge in [-0.15, -0.1) is 0 Å². The summed E-state index contributed by atoms with van der Waals surface area (Å²) >= 11 is 0. The second-order valence-electron chi connectivity index (χ2n) is 10.9. The van der Waals surface area contributed by atoms with Gasteiger partial charge in [-0.2, -0.15) is 18.2 Å². The molecule has 0 radical (unpaired) electrons. The molecule has 1 heterocycles. The van der Waals surface area contributed by atoms with Gasteiger partial charge in [-0.1, -0.05) is 53.7 Å². The van der Waals surface area contributed by atoms with Crippen molar-refractivity contribution in [2.45, 2.75) is 67.2 Å². The van der Waals surface area contributed by atoms with Crippen LogP contribution in [0.15, 0.2) is 30.0 Å². The van der Waals surface area contributed by atoms with E-state index in [0.717, 1.165) is 12.1 Å². The van der Waals surface area contributed by atoms with Crippen molar-refractivity contribution in [3.8, 4) is 0 Å². The van der Waals surface area contributed by atoms with E-state index in [1.807, 2.05) is 0 Å². The van der Waals surface area contributed by atoms with Crippen LogP contribution in [-0.4, -0.2) is 21.8 Å². The van der Waals surface area contributed by atoms with Gasteiger partial charge < -0.3 is 5.32 Å². The number of rotatable bonds is 6. The van der Waals surface area contributed by atoms with E-state index in [1.54, 1.807) is 53.7 Å². The normalized spacial score (nSPS) is 13.9. The number of hydrogen-bond donors (Lipinski definition) is 3. The standard InChI is InChI=1S/C26H32F3N5O3/c1-24(2,3)21(35)31-20-18-13-17(34-37-14-15-8-7-9-16(12-15)26(27,28)29)10-11-19(18)30-23(32-20)33-22(36)25(4,5)6/h7-9,12-13,34H,10-11,14H2,1-6H3,(H2,30,31,32,33,35,36). The van der Waals surface area contributed by atoms with Crippen molar-refractivity contribution in [1.82, 2.24) is 15.4 Å². The number of carbonyl (C=O) groups excluding carboxylic acids is 2. The van der Waals surface area contributed by atoms with Crippen LogP contribution in [0, 0.1) is 10.8 Å². The van der Waals surface area contributed by atoms with E-state index < -0.39 is 22.6 Å². The first-order valence-corrected chi connectivity index (χ1v) is 11.8. The zero-order valence-electron chi connectivity index (χ0n) is 21.8.